The lowest BCUT2D eigenvalue weighted by Gasteiger charge is -2.34. The van der Waals surface area contributed by atoms with E-state index in [1.165, 1.54) is 15.3 Å². The fourth-order valence-electron chi connectivity index (χ4n) is 2.92. The number of hydrogen-bond donors (Lipinski definition) is 0. The third kappa shape index (κ3) is 4.79. The van der Waals surface area contributed by atoms with E-state index in [0.717, 1.165) is 32.7 Å². The summed E-state index contributed by atoms with van der Waals surface area (Å²) in [6.45, 7) is 6.61. The van der Waals surface area contributed by atoms with Gasteiger partial charge in [0, 0.05) is 42.5 Å². The summed E-state index contributed by atoms with van der Waals surface area (Å²) in [6, 6.07) is 14.5. The first-order valence-corrected chi connectivity index (χ1v) is 9.29. The number of aryl methyl sites for hydroxylation is 1. The number of carbonyl (C=O) groups excluding carboxylic acids is 1. The van der Waals surface area contributed by atoms with Crippen molar-refractivity contribution in [3.8, 4) is 0 Å². The largest absolute Gasteiger partial charge is 0.340 e. The van der Waals surface area contributed by atoms with Crippen LogP contribution in [0, 0.1) is 6.92 Å². The summed E-state index contributed by atoms with van der Waals surface area (Å²) < 4.78 is 0. The molecule has 4 heteroatoms. The van der Waals surface area contributed by atoms with Gasteiger partial charge >= 0.3 is 0 Å². The molecule has 2 aromatic rings. The van der Waals surface area contributed by atoms with E-state index in [-0.39, 0.29) is 5.91 Å². The summed E-state index contributed by atoms with van der Waals surface area (Å²) in [5, 5.41) is 0. The highest BCUT2D eigenvalue weighted by atomic mass is 32.1. The molecule has 1 aromatic heterocycles. The van der Waals surface area contributed by atoms with Crippen LogP contribution in [0.3, 0.4) is 0 Å². The van der Waals surface area contributed by atoms with Gasteiger partial charge in [-0.25, -0.2) is 0 Å². The van der Waals surface area contributed by atoms with E-state index in [1.807, 2.05) is 11.0 Å². The predicted molar refractivity (Wildman–Crippen MR) is 101 cm³/mol. The number of piperazine rings is 1. The molecule has 0 atom stereocenters. The number of amides is 1. The van der Waals surface area contributed by atoms with Crippen molar-refractivity contribution >= 4 is 23.3 Å². The van der Waals surface area contributed by atoms with Gasteiger partial charge in [-0.1, -0.05) is 42.5 Å². The standard InChI is InChI=1S/C20H24N2OS/c1-17-9-10-19(24-17)16-20(23)22-14-12-21(13-15-22)11-5-8-18-6-3-2-4-7-18/h2-10H,11-16H2,1H3/b8-5+. The Morgan fingerprint density at radius 1 is 1.08 bits per heavy atom. The van der Waals surface area contributed by atoms with Gasteiger partial charge in [0.25, 0.3) is 0 Å². The average molecular weight is 340 g/mol. The van der Waals surface area contributed by atoms with Crippen molar-refractivity contribution in [3.05, 3.63) is 63.9 Å². The van der Waals surface area contributed by atoms with Crippen molar-refractivity contribution < 1.29 is 4.79 Å². The van der Waals surface area contributed by atoms with Crippen molar-refractivity contribution in [1.29, 1.82) is 0 Å². The number of hydrogen-bond acceptors (Lipinski definition) is 3. The van der Waals surface area contributed by atoms with Gasteiger partial charge in [-0.05, 0) is 24.6 Å². The fourth-order valence-corrected chi connectivity index (χ4v) is 3.80. The maximum atomic E-state index is 12.4. The topological polar surface area (TPSA) is 23.6 Å². The molecule has 0 unspecified atom stereocenters. The molecule has 0 aliphatic carbocycles. The van der Waals surface area contributed by atoms with Gasteiger partial charge < -0.3 is 4.90 Å². The van der Waals surface area contributed by atoms with Gasteiger partial charge in [0.1, 0.15) is 0 Å². The summed E-state index contributed by atoms with van der Waals surface area (Å²) in [5.74, 6) is 0.260. The van der Waals surface area contributed by atoms with Crippen LogP contribution in [0.15, 0.2) is 48.5 Å². The number of rotatable bonds is 5. The lowest BCUT2D eigenvalue weighted by atomic mass is 10.2. The van der Waals surface area contributed by atoms with E-state index in [2.05, 4.69) is 60.4 Å². The Hall–Kier alpha value is -1.91. The van der Waals surface area contributed by atoms with E-state index in [0.29, 0.717) is 6.42 Å². The summed E-state index contributed by atoms with van der Waals surface area (Å²) in [4.78, 5) is 19.2. The van der Waals surface area contributed by atoms with Gasteiger partial charge in [-0.2, -0.15) is 0 Å². The second kappa shape index (κ2) is 8.27. The van der Waals surface area contributed by atoms with E-state index >= 15 is 0 Å². The maximum Gasteiger partial charge on any atom is 0.227 e. The number of carbonyl (C=O) groups is 1. The van der Waals surface area contributed by atoms with Crippen LogP contribution in [0.25, 0.3) is 6.08 Å². The third-order valence-corrected chi connectivity index (χ3v) is 5.32. The van der Waals surface area contributed by atoms with Crippen LogP contribution in [0.1, 0.15) is 15.3 Å². The minimum absolute atomic E-state index is 0.260. The first-order valence-electron chi connectivity index (χ1n) is 8.48. The second-order valence-corrected chi connectivity index (χ2v) is 7.56. The minimum atomic E-state index is 0.260. The molecule has 1 amide bonds. The summed E-state index contributed by atoms with van der Waals surface area (Å²) in [5.41, 5.74) is 1.23. The van der Waals surface area contributed by atoms with Crippen LogP contribution in [0.5, 0.6) is 0 Å². The molecule has 1 saturated heterocycles. The number of thiophene rings is 1. The Labute approximate surface area is 148 Å². The predicted octanol–water partition coefficient (Wildman–Crippen LogP) is 3.46. The van der Waals surface area contributed by atoms with Gasteiger partial charge in [-0.3, -0.25) is 9.69 Å². The second-order valence-electron chi connectivity index (χ2n) is 6.18. The van der Waals surface area contributed by atoms with Crippen LogP contribution in [-0.2, 0) is 11.2 Å². The smallest absolute Gasteiger partial charge is 0.227 e. The molecule has 0 bridgehead atoms. The molecule has 3 rings (SSSR count). The van der Waals surface area contributed by atoms with Crippen LogP contribution in [0.2, 0.25) is 0 Å². The van der Waals surface area contributed by atoms with Gasteiger partial charge in [-0.15, -0.1) is 11.3 Å². The minimum Gasteiger partial charge on any atom is -0.340 e. The van der Waals surface area contributed by atoms with E-state index in [4.69, 9.17) is 0 Å². The normalized spacial score (nSPS) is 16.0. The van der Waals surface area contributed by atoms with Gasteiger partial charge in [0.2, 0.25) is 5.91 Å². The molecule has 0 N–H and O–H groups in total. The molecule has 0 radical (unpaired) electrons. The lowest BCUT2D eigenvalue weighted by molar-refractivity contribution is -0.132. The molecule has 3 nitrogen and oxygen atoms in total. The molecule has 1 fully saturated rings. The van der Waals surface area contributed by atoms with E-state index < -0.39 is 0 Å². The molecular formula is C20H24N2OS. The molecule has 1 aliphatic rings. The van der Waals surface area contributed by atoms with Crippen LogP contribution in [-0.4, -0.2) is 48.4 Å². The Morgan fingerprint density at radius 3 is 2.50 bits per heavy atom. The van der Waals surface area contributed by atoms with Crippen molar-refractivity contribution in [2.75, 3.05) is 32.7 Å². The van der Waals surface area contributed by atoms with Crippen molar-refractivity contribution in [3.63, 3.8) is 0 Å². The van der Waals surface area contributed by atoms with E-state index in [9.17, 15) is 4.79 Å². The SMILES string of the molecule is Cc1ccc(CC(=O)N2CCN(C/C=C/c3ccccc3)CC2)s1. The first-order chi connectivity index (χ1) is 11.7. The van der Waals surface area contributed by atoms with Gasteiger partial charge in [0.05, 0.1) is 6.42 Å². The zero-order valence-electron chi connectivity index (χ0n) is 14.1. The van der Waals surface area contributed by atoms with E-state index in [1.54, 1.807) is 11.3 Å². The Kier molecular flexibility index (Phi) is 5.83. The number of benzene rings is 1. The van der Waals surface area contributed by atoms with Crippen molar-refractivity contribution in [2.24, 2.45) is 0 Å². The molecule has 2 heterocycles. The Bertz CT molecular complexity index is 685. The highest BCUT2D eigenvalue weighted by molar-refractivity contribution is 7.12. The monoisotopic (exact) mass is 340 g/mol. The van der Waals surface area contributed by atoms with Crippen LogP contribution < -0.4 is 0 Å². The molecule has 1 aliphatic heterocycles. The molecule has 0 saturated carbocycles. The lowest BCUT2D eigenvalue weighted by Crippen LogP contribution is -2.49. The molecule has 0 spiro atoms. The summed E-state index contributed by atoms with van der Waals surface area (Å²) in [6.07, 6.45) is 4.92. The molecule has 126 valence electrons. The Balaban J connectivity index is 1.42. The number of nitrogens with zero attached hydrogens (tertiary/aromatic N) is 2. The molecule has 24 heavy (non-hydrogen) atoms. The first kappa shape index (κ1) is 16.9. The van der Waals surface area contributed by atoms with Crippen molar-refractivity contribution in [2.45, 2.75) is 13.3 Å². The zero-order valence-corrected chi connectivity index (χ0v) is 15.0. The third-order valence-electron chi connectivity index (χ3n) is 4.32. The molecular weight excluding hydrogens is 316 g/mol. The highest BCUT2D eigenvalue weighted by Gasteiger charge is 2.20. The van der Waals surface area contributed by atoms with Crippen LogP contribution in [0.4, 0.5) is 0 Å². The fraction of sp³-hybridized carbons (Fsp3) is 0.350. The maximum absolute atomic E-state index is 12.4. The zero-order chi connectivity index (χ0) is 16.8. The van der Waals surface area contributed by atoms with Crippen molar-refractivity contribution in [1.82, 2.24) is 9.80 Å². The highest BCUT2D eigenvalue weighted by Crippen LogP contribution is 2.17. The summed E-state index contributed by atoms with van der Waals surface area (Å²) in [7, 11) is 0. The molecule has 1 aromatic carbocycles. The van der Waals surface area contributed by atoms with Gasteiger partial charge in [0.15, 0.2) is 0 Å². The quantitative estimate of drug-likeness (QED) is 0.832. The average Bonchev–Trinajstić information content (AvgIpc) is 3.01. The Morgan fingerprint density at radius 2 is 1.83 bits per heavy atom. The summed E-state index contributed by atoms with van der Waals surface area (Å²) >= 11 is 1.72. The van der Waals surface area contributed by atoms with Crippen LogP contribution >= 0.6 is 11.3 Å².